The lowest BCUT2D eigenvalue weighted by Gasteiger charge is -2.01. The van der Waals surface area contributed by atoms with Gasteiger partial charge in [-0.1, -0.05) is 42.5 Å². The molecule has 0 fully saturated rings. The summed E-state index contributed by atoms with van der Waals surface area (Å²) in [6, 6.07) is 15.7. The Morgan fingerprint density at radius 1 is 0.778 bits per heavy atom. The van der Waals surface area contributed by atoms with Crippen LogP contribution in [0, 0.1) is 0 Å². The number of benzene rings is 2. The van der Waals surface area contributed by atoms with Crippen molar-refractivity contribution in [2.45, 2.75) is 11.3 Å². The maximum Gasteiger partial charge on any atom is 0.170 e. The smallest absolute Gasteiger partial charge is 0.170 e. The summed E-state index contributed by atoms with van der Waals surface area (Å²) < 4.78 is 0. The van der Waals surface area contributed by atoms with Crippen LogP contribution in [0.15, 0.2) is 59.5 Å². The molecule has 3 heteroatoms. The van der Waals surface area contributed by atoms with Gasteiger partial charge in [0.2, 0.25) is 0 Å². The average Bonchev–Trinajstić information content (AvgIpc) is 2.40. The van der Waals surface area contributed by atoms with Crippen molar-refractivity contribution in [2.24, 2.45) is 0 Å². The highest BCUT2D eigenvalue weighted by Crippen LogP contribution is 2.11. The monoisotopic (exact) mass is 256 g/mol. The van der Waals surface area contributed by atoms with E-state index in [0.29, 0.717) is 11.1 Å². The predicted octanol–water partition coefficient (Wildman–Crippen LogP) is 3.43. The molecule has 2 rings (SSSR count). The number of hydrogen-bond donors (Lipinski definition) is 1. The highest BCUT2D eigenvalue weighted by atomic mass is 32.1. The van der Waals surface area contributed by atoms with Crippen molar-refractivity contribution in [3.8, 4) is 0 Å². The second kappa shape index (κ2) is 5.65. The topological polar surface area (TPSA) is 34.1 Å². The third kappa shape index (κ3) is 3.08. The molecule has 0 unspecified atom stereocenters. The van der Waals surface area contributed by atoms with Crippen LogP contribution in [0.2, 0.25) is 0 Å². The van der Waals surface area contributed by atoms with Crippen molar-refractivity contribution in [3.63, 3.8) is 0 Å². The number of Topliss-reactive ketones (excluding diaryl/α,β-unsaturated/α-hetero) is 2. The number of carbonyl (C=O) groups is 2. The molecule has 90 valence electrons. The van der Waals surface area contributed by atoms with Gasteiger partial charge in [0.15, 0.2) is 11.6 Å². The predicted molar refractivity (Wildman–Crippen MR) is 73.4 cm³/mol. The van der Waals surface area contributed by atoms with E-state index >= 15 is 0 Å². The van der Waals surface area contributed by atoms with Gasteiger partial charge in [0.05, 0.1) is 6.42 Å². The molecule has 0 spiro atoms. The van der Waals surface area contributed by atoms with Crippen LogP contribution in [-0.2, 0) is 0 Å². The lowest BCUT2D eigenvalue weighted by Crippen LogP contribution is -2.08. The van der Waals surface area contributed by atoms with Gasteiger partial charge in [0.25, 0.3) is 0 Å². The van der Waals surface area contributed by atoms with Gasteiger partial charge in [-0.25, -0.2) is 0 Å². The highest BCUT2D eigenvalue weighted by molar-refractivity contribution is 7.80. The van der Waals surface area contributed by atoms with Crippen molar-refractivity contribution >= 4 is 24.2 Å². The Kier molecular flexibility index (Phi) is 3.95. The van der Waals surface area contributed by atoms with Crippen LogP contribution in [0.4, 0.5) is 0 Å². The maximum atomic E-state index is 11.9. The zero-order chi connectivity index (χ0) is 13.0. The van der Waals surface area contributed by atoms with Crippen molar-refractivity contribution in [1.29, 1.82) is 0 Å². The maximum absolute atomic E-state index is 11.9. The van der Waals surface area contributed by atoms with Crippen LogP contribution in [-0.4, -0.2) is 11.6 Å². The molecular formula is C15H12O2S. The van der Waals surface area contributed by atoms with Crippen LogP contribution in [0.1, 0.15) is 27.1 Å². The molecule has 0 atom stereocenters. The summed E-state index contributed by atoms with van der Waals surface area (Å²) in [4.78, 5) is 24.5. The van der Waals surface area contributed by atoms with Crippen LogP contribution < -0.4 is 0 Å². The minimum absolute atomic E-state index is 0.101. The average molecular weight is 256 g/mol. The van der Waals surface area contributed by atoms with E-state index in [1.807, 2.05) is 6.07 Å². The molecule has 18 heavy (non-hydrogen) atoms. The lowest BCUT2D eigenvalue weighted by atomic mass is 10.0. The van der Waals surface area contributed by atoms with Crippen molar-refractivity contribution in [3.05, 3.63) is 65.7 Å². The highest BCUT2D eigenvalue weighted by Gasteiger charge is 2.12. The fourth-order valence-electron chi connectivity index (χ4n) is 1.62. The molecular weight excluding hydrogens is 244 g/mol. The van der Waals surface area contributed by atoms with E-state index in [9.17, 15) is 9.59 Å². The summed E-state index contributed by atoms with van der Waals surface area (Å²) in [6.45, 7) is 0. The Hall–Kier alpha value is -1.87. The van der Waals surface area contributed by atoms with Gasteiger partial charge in [-0.3, -0.25) is 9.59 Å². The number of hydrogen-bond acceptors (Lipinski definition) is 3. The third-order valence-electron chi connectivity index (χ3n) is 2.61. The molecule has 0 aliphatic heterocycles. The summed E-state index contributed by atoms with van der Waals surface area (Å²) in [7, 11) is 0. The Morgan fingerprint density at radius 3 is 1.83 bits per heavy atom. The number of carbonyl (C=O) groups excluding carboxylic acids is 2. The fraction of sp³-hybridized carbons (Fsp3) is 0.0667. The first-order chi connectivity index (χ1) is 8.66. The first-order valence-corrected chi connectivity index (χ1v) is 6.02. The Morgan fingerprint density at radius 2 is 1.28 bits per heavy atom. The molecule has 0 radical (unpaired) electrons. The second-order valence-corrected chi connectivity index (χ2v) is 4.45. The van der Waals surface area contributed by atoms with Gasteiger partial charge < -0.3 is 0 Å². The van der Waals surface area contributed by atoms with E-state index in [2.05, 4.69) is 12.6 Å². The van der Waals surface area contributed by atoms with Gasteiger partial charge in [-0.15, -0.1) is 12.6 Å². The number of rotatable bonds is 4. The van der Waals surface area contributed by atoms with E-state index in [1.54, 1.807) is 48.5 Å². The molecule has 2 aromatic carbocycles. The molecule has 2 aromatic rings. The minimum atomic E-state index is -0.169. The zero-order valence-electron chi connectivity index (χ0n) is 9.67. The quantitative estimate of drug-likeness (QED) is 0.516. The van der Waals surface area contributed by atoms with E-state index in [1.165, 1.54) is 0 Å². The third-order valence-corrected chi connectivity index (χ3v) is 2.90. The summed E-state index contributed by atoms with van der Waals surface area (Å²) in [5.41, 5.74) is 1.11. The molecule has 0 aliphatic rings. The van der Waals surface area contributed by atoms with Crippen LogP contribution >= 0.6 is 12.6 Å². The van der Waals surface area contributed by atoms with Crippen LogP contribution in [0.5, 0.6) is 0 Å². The standard InChI is InChI=1S/C15H12O2S/c16-14(11-4-2-1-3-5-11)10-15(17)12-6-8-13(18)9-7-12/h1-9,18H,10H2. The molecule has 0 aromatic heterocycles. The Labute approximate surface area is 111 Å². The second-order valence-electron chi connectivity index (χ2n) is 3.94. The largest absolute Gasteiger partial charge is 0.294 e. The molecule has 0 bridgehead atoms. The van der Waals surface area contributed by atoms with E-state index in [0.717, 1.165) is 4.90 Å². The Bertz CT molecular complexity index is 559. The van der Waals surface area contributed by atoms with Gasteiger partial charge >= 0.3 is 0 Å². The summed E-state index contributed by atoms with van der Waals surface area (Å²) >= 11 is 4.15. The molecule has 0 aliphatic carbocycles. The normalized spacial score (nSPS) is 10.1. The van der Waals surface area contributed by atoms with E-state index < -0.39 is 0 Å². The van der Waals surface area contributed by atoms with E-state index in [4.69, 9.17) is 0 Å². The first kappa shape index (κ1) is 12.6. The van der Waals surface area contributed by atoms with Crippen molar-refractivity contribution in [2.75, 3.05) is 0 Å². The van der Waals surface area contributed by atoms with Crippen molar-refractivity contribution < 1.29 is 9.59 Å². The molecule has 0 saturated heterocycles. The zero-order valence-corrected chi connectivity index (χ0v) is 10.6. The molecule has 0 N–H and O–H groups in total. The SMILES string of the molecule is O=C(CC(=O)c1ccc(S)cc1)c1ccccc1. The Balaban J connectivity index is 2.08. The lowest BCUT2D eigenvalue weighted by molar-refractivity contribution is 0.0894. The summed E-state index contributed by atoms with van der Waals surface area (Å²) in [6.07, 6.45) is -0.101. The number of thiol groups is 1. The minimum Gasteiger partial charge on any atom is -0.294 e. The molecule has 0 saturated carbocycles. The van der Waals surface area contributed by atoms with Gasteiger partial charge in [-0.2, -0.15) is 0 Å². The van der Waals surface area contributed by atoms with Gasteiger partial charge in [-0.05, 0) is 12.1 Å². The van der Waals surface area contributed by atoms with Crippen LogP contribution in [0.25, 0.3) is 0 Å². The molecule has 2 nitrogen and oxygen atoms in total. The van der Waals surface area contributed by atoms with Gasteiger partial charge in [0, 0.05) is 16.0 Å². The number of ketones is 2. The first-order valence-electron chi connectivity index (χ1n) is 5.57. The van der Waals surface area contributed by atoms with Gasteiger partial charge in [0.1, 0.15) is 0 Å². The molecule has 0 heterocycles. The summed E-state index contributed by atoms with van der Waals surface area (Å²) in [5.74, 6) is -0.326. The van der Waals surface area contributed by atoms with Crippen molar-refractivity contribution in [1.82, 2.24) is 0 Å². The van der Waals surface area contributed by atoms with Crippen LogP contribution in [0.3, 0.4) is 0 Å². The molecule has 0 amide bonds. The summed E-state index contributed by atoms with van der Waals surface area (Å²) in [5, 5.41) is 0. The fourth-order valence-corrected chi connectivity index (χ4v) is 1.77. The van der Waals surface area contributed by atoms with E-state index in [-0.39, 0.29) is 18.0 Å².